The molecule has 0 unspecified atom stereocenters. The summed E-state index contributed by atoms with van der Waals surface area (Å²) in [7, 11) is 1.25. The van der Waals surface area contributed by atoms with Crippen molar-refractivity contribution in [1.82, 2.24) is 0 Å². The van der Waals surface area contributed by atoms with Gasteiger partial charge in [-0.05, 0) is 30.3 Å². The Hall–Kier alpha value is -3.53. The Labute approximate surface area is 176 Å². The maximum atomic E-state index is 13.4. The number of rotatable bonds is 5. The predicted molar refractivity (Wildman–Crippen MR) is 101 cm³/mol. The van der Waals surface area contributed by atoms with Crippen molar-refractivity contribution < 1.29 is 42.9 Å². The van der Waals surface area contributed by atoms with Gasteiger partial charge in [-0.1, -0.05) is 6.08 Å². The molecule has 4 atom stereocenters. The quantitative estimate of drug-likeness (QED) is 0.288. The molecular formula is C21H19NO9. The fourth-order valence-corrected chi connectivity index (χ4v) is 4.34. The van der Waals surface area contributed by atoms with Crippen LogP contribution >= 0.6 is 0 Å². The summed E-state index contributed by atoms with van der Waals surface area (Å²) in [4.78, 5) is 62.4. The number of esters is 3. The van der Waals surface area contributed by atoms with Crippen LogP contribution in [0.25, 0.3) is 0 Å². The third-order valence-corrected chi connectivity index (χ3v) is 5.54. The molecule has 2 bridgehead atoms. The van der Waals surface area contributed by atoms with Gasteiger partial charge in [-0.2, -0.15) is 0 Å². The molecule has 0 aromatic heterocycles. The van der Waals surface area contributed by atoms with Gasteiger partial charge in [-0.15, -0.1) is 0 Å². The van der Waals surface area contributed by atoms with E-state index in [1.807, 2.05) is 0 Å². The van der Waals surface area contributed by atoms with E-state index in [2.05, 4.69) is 4.74 Å². The molecule has 3 aliphatic heterocycles. The van der Waals surface area contributed by atoms with Crippen LogP contribution in [0.5, 0.6) is 0 Å². The molecule has 2 fully saturated rings. The normalized spacial score (nSPS) is 28.1. The zero-order chi connectivity index (χ0) is 22.5. The number of hydrogen-bond acceptors (Lipinski definition) is 9. The summed E-state index contributed by atoms with van der Waals surface area (Å²) in [5.74, 6) is -5.04. The molecule has 10 nitrogen and oxygen atoms in total. The number of benzene rings is 1. The predicted octanol–water partition coefficient (Wildman–Crippen LogP) is 0.738. The molecule has 0 aliphatic carbocycles. The van der Waals surface area contributed by atoms with Gasteiger partial charge < -0.3 is 18.9 Å². The molecule has 3 aliphatic rings. The first-order chi connectivity index (χ1) is 14.7. The third kappa shape index (κ3) is 3.10. The van der Waals surface area contributed by atoms with Crippen LogP contribution in [0.4, 0.5) is 5.69 Å². The molecule has 2 saturated heterocycles. The highest BCUT2D eigenvalue weighted by Crippen LogP contribution is 2.54. The molecule has 162 valence electrons. The first kappa shape index (κ1) is 20.7. The smallest absolute Gasteiger partial charge is 0.337 e. The van der Waals surface area contributed by atoms with Crippen LogP contribution < -0.4 is 4.90 Å². The number of nitrogens with zero attached hydrogens (tertiary/aromatic N) is 1. The maximum absolute atomic E-state index is 13.4. The van der Waals surface area contributed by atoms with Gasteiger partial charge >= 0.3 is 17.9 Å². The Morgan fingerprint density at radius 1 is 1.03 bits per heavy atom. The highest BCUT2D eigenvalue weighted by molar-refractivity contribution is 6.23. The third-order valence-electron chi connectivity index (χ3n) is 5.54. The number of methoxy groups -OCH3 is 1. The van der Waals surface area contributed by atoms with E-state index in [-0.39, 0.29) is 11.3 Å². The first-order valence-electron chi connectivity index (χ1n) is 9.47. The summed E-state index contributed by atoms with van der Waals surface area (Å²) in [6.07, 6.45) is 0.826. The summed E-state index contributed by atoms with van der Waals surface area (Å²) in [5, 5.41) is 0. The molecule has 0 saturated carbocycles. The van der Waals surface area contributed by atoms with Crippen molar-refractivity contribution in [2.45, 2.75) is 31.8 Å². The first-order valence-corrected chi connectivity index (χ1v) is 9.47. The standard InChI is InChI=1S/C21H19NO9/c1-10(23)29-20(30-11(2)24)21-9-8-14(31-21)15-16(21)18(26)22(17(15)25)13-6-4-12(5-7-13)19(27)28-3/h4-9,14-16,20H,1-3H3/t14-,15+,16+,21-/m0/s1. The molecule has 0 radical (unpaired) electrons. The van der Waals surface area contributed by atoms with Gasteiger partial charge in [0, 0.05) is 13.8 Å². The fraction of sp³-hybridized carbons (Fsp3) is 0.381. The minimum absolute atomic E-state index is 0.261. The van der Waals surface area contributed by atoms with Crippen molar-refractivity contribution >= 4 is 35.4 Å². The van der Waals surface area contributed by atoms with Crippen LogP contribution in [0.2, 0.25) is 0 Å². The Morgan fingerprint density at radius 2 is 1.65 bits per heavy atom. The number of fused-ring (bicyclic) bond motifs is 5. The van der Waals surface area contributed by atoms with E-state index in [1.54, 1.807) is 6.08 Å². The summed E-state index contributed by atoms with van der Waals surface area (Å²) in [6, 6.07) is 5.80. The lowest BCUT2D eigenvalue weighted by Gasteiger charge is -2.34. The topological polar surface area (TPSA) is 126 Å². The Bertz CT molecular complexity index is 998. The van der Waals surface area contributed by atoms with Crippen LogP contribution in [0.15, 0.2) is 36.4 Å². The molecular weight excluding hydrogens is 410 g/mol. The van der Waals surface area contributed by atoms with E-state index >= 15 is 0 Å². The summed E-state index contributed by atoms with van der Waals surface area (Å²) < 4.78 is 20.9. The SMILES string of the molecule is COC(=O)c1ccc(N2C(=O)[C@@H]3[C@@H]4C=C[C@](C(OC(C)=O)OC(C)=O)(O4)[C@H]3C2=O)cc1. The molecule has 0 spiro atoms. The molecule has 1 aromatic rings. The highest BCUT2D eigenvalue weighted by Gasteiger charge is 2.72. The van der Waals surface area contributed by atoms with Crippen molar-refractivity contribution in [2.24, 2.45) is 11.8 Å². The highest BCUT2D eigenvalue weighted by atomic mass is 16.7. The monoisotopic (exact) mass is 429 g/mol. The molecule has 3 heterocycles. The lowest BCUT2D eigenvalue weighted by molar-refractivity contribution is -0.226. The van der Waals surface area contributed by atoms with Crippen LogP contribution in [0.1, 0.15) is 24.2 Å². The van der Waals surface area contributed by atoms with E-state index in [0.29, 0.717) is 0 Å². The molecule has 0 N–H and O–H groups in total. The van der Waals surface area contributed by atoms with Crippen LogP contribution in [0, 0.1) is 11.8 Å². The van der Waals surface area contributed by atoms with Crippen molar-refractivity contribution in [3.8, 4) is 0 Å². The van der Waals surface area contributed by atoms with E-state index < -0.39 is 59.6 Å². The van der Waals surface area contributed by atoms with Gasteiger partial charge in [-0.3, -0.25) is 19.2 Å². The number of imide groups is 1. The molecule has 31 heavy (non-hydrogen) atoms. The van der Waals surface area contributed by atoms with Crippen LogP contribution in [0.3, 0.4) is 0 Å². The Balaban J connectivity index is 1.69. The minimum Gasteiger partial charge on any atom is -0.465 e. The number of anilines is 1. The number of hydrogen-bond donors (Lipinski definition) is 0. The van der Waals surface area contributed by atoms with Gasteiger partial charge in [0.05, 0.1) is 36.3 Å². The molecule has 4 rings (SSSR count). The van der Waals surface area contributed by atoms with Crippen molar-refractivity contribution in [3.05, 3.63) is 42.0 Å². The summed E-state index contributed by atoms with van der Waals surface area (Å²) >= 11 is 0. The van der Waals surface area contributed by atoms with Gasteiger partial charge in [0.1, 0.15) is 0 Å². The summed E-state index contributed by atoms with van der Waals surface area (Å²) in [5.41, 5.74) is -1.08. The Morgan fingerprint density at radius 3 is 2.19 bits per heavy atom. The average molecular weight is 429 g/mol. The van der Waals surface area contributed by atoms with Gasteiger partial charge in [0.15, 0.2) is 5.60 Å². The maximum Gasteiger partial charge on any atom is 0.337 e. The second kappa shape index (κ2) is 7.31. The summed E-state index contributed by atoms with van der Waals surface area (Å²) in [6.45, 7) is 2.26. The average Bonchev–Trinajstić information content (AvgIpc) is 3.37. The number of amides is 2. The minimum atomic E-state index is -1.61. The number of ether oxygens (including phenoxy) is 4. The zero-order valence-electron chi connectivity index (χ0n) is 16.9. The molecule has 2 amide bonds. The van der Waals surface area contributed by atoms with Gasteiger partial charge in [0.25, 0.3) is 6.29 Å². The second-order valence-electron chi connectivity index (χ2n) is 7.40. The largest absolute Gasteiger partial charge is 0.465 e. The van der Waals surface area contributed by atoms with Crippen molar-refractivity contribution in [3.63, 3.8) is 0 Å². The Kier molecular flexibility index (Phi) is 4.89. The zero-order valence-corrected chi connectivity index (χ0v) is 16.9. The van der Waals surface area contributed by atoms with Gasteiger partial charge in [-0.25, -0.2) is 9.69 Å². The van der Waals surface area contributed by atoms with Crippen LogP contribution in [-0.4, -0.2) is 54.8 Å². The van der Waals surface area contributed by atoms with E-state index in [0.717, 1.165) is 18.7 Å². The van der Waals surface area contributed by atoms with E-state index in [1.165, 1.54) is 37.5 Å². The second-order valence-corrected chi connectivity index (χ2v) is 7.40. The number of carbonyl (C=O) groups is 5. The lowest BCUT2D eigenvalue weighted by Crippen LogP contribution is -2.52. The van der Waals surface area contributed by atoms with Crippen molar-refractivity contribution in [2.75, 3.05) is 12.0 Å². The lowest BCUT2D eigenvalue weighted by atomic mass is 9.76. The van der Waals surface area contributed by atoms with Gasteiger partial charge in [0.2, 0.25) is 11.8 Å². The van der Waals surface area contributed by atoms with E-state index in [4.69, 9.17) is 14.2 Å². The fourth-order valence-electron chi connectivity index (χ4n) is 4.34. The van der Waals surface area contributed by atoms with E-state index in [9.17, 15) is 24.0 Å². The molecule has 1 aromatic carbocycles. The van der Waals surface area contributed by atoms with Crippen LogP contribution in [-0.2, 0) is 38.1 Å². The van der Waals surface area contributed by atoms with Crippen molar-refractivity contribution in [1.29, 1.82) is 0 Å². The number of carbonyl (C=O) groups excluding carboxylic acids is 5. The molecule has 10 heteroatoms.